The van der Waals surface area contributed by atoms with Crippen LogP contribution in [0, 0.1) is 3.57 Å². The minimum absolute atomic E-state index is 0.264. The molecule has 0 N–H and O–H groups in total. The Bertz CT molecular complexity index is 193. The Kier molecular flexibility index (Phi) is 3.91. The van der Waals surface area contributed by atoms with Crippen LogP contribution in [0.5, 0.6) is 0 Å². The van der Waals surface area contributed by atoms with Crippen molar-refractivity contribution < 1.29 is 21.2 Å². The Hall–Kier alpha value is -0.0500. The van der Waals surface area contributed by atoms with Crippen molar-refractivity contribution in [2.75, 3.05) is 0 Å². The van der Waals surface area contributed by atoms with E-state index in [1.54, 1.807) is 3.57 Å². The van der Waals surface area contributed by atoms with Crippen molar-refractivity contribution in [2.24, 2.45) is 0 Å². The van der Waals surface area contributed by atoms with Gasteiger partial charge in [0.2, 0.25) is 0 Å². The van der Waals surface area contributed by atoms with Crippen LogP contribution in [0.3, 0.4) is 0 Å². The van der Waals surface area contributed by atoms with Crippen molar-refractivity contribution in [1.82, 2.24) is 0 Å². The summed E-state index contributed by atoms with van der Waals surface area (Å²) in [5.74, 6) is 0. The van der Waals surface area contributed by atoms with Gasteiger partial charge >= 0.3 is 21.2 Å². The summed E-state index contributed by atoms with van der Waals surface area (Å²) >= 11 is 0.264. The number of rotatable bonds is 3. The predicted octanol–water partition coefficient (Wildman–Crippen LogP) is -0.256. The van der Waals surface area contributed by atoms with E-state index >= 15 is 0 Å². The number of hydrogen-bond acceptors (Lipinski definition) is 0. The van der Waals surface area contributed by atoms with Crippen LogP contribution in [0.15, 0.2) is 30.3 Å². The molecule has 0 nitrogen and oxygen atoms in total. The summed E-state index contributed by atoms with van der Waals surface area (Å²) < 4.78 is 2.50. The van der Waals surface area contributed by atoms with Crippen LogP contribution in [0.2, 0.25) is 0 Å². The predicted molar refractivity (Wildman–Crippen MR) is 44.9 cm³/mol. The van der Waals surface area contributed by atoms with Crippen LogP contribution in [-0.2, 0) is 0 Å². The summed E-state index contributed by atoms with van der Waals surface area (Å²) in [6.07, 6.45) is 1.32. The molecule has 1 aromatic carbocycles. The molecular weight excluding hydrogens is 247 g/mol. The van der Waals surface area contributed by atoms with Crippen LogP contribution in [0.25, 0.3) is 0 Å². The molecule has 0 radical (unpaired) electrons. The first-order valence-electron chi connectivity index (χ1n) is 4.01. The van der Waals surface area contributed by atoms with Crippen LogP contribution in [-0.4, -0.2) is 3.92 Å². The molecule has 0 fully saturated rings. The normalized spacial score (nSPS) is 12.9. The number of benzene rings is 1. The van der Waals surface area contributed by atoms with Gasteiger partial charge in [0, 0.05) is 0 Å². The third-order valence-electron chi connectivity index (χ3n) is 1.61. The lowest BCUT2D eigenvalue weighted by molar-refractivity contribution is -0.659. The van der Waals surface area contributed by atoms with E-state index in [0.29, 0.717) is 0 Å². The van der Waals surface area contributed by atoms with Gasteiger partial charge in [-0.3, -0.25) is 0 Å². The fourth-order valence-corrected chi connectivity index (χ4v) is 3.28. The molecule has 11 heavy (non-hydrogen) atoms. The van der Waals surface area contributed by atoms with E-state index in [-0.39, 0.29) is 21.2 Å². The lowest BCUT2D eigenvalue weighted by Gasteiger charge is -1.90. The quantitative estimate of drug-likeness (QED) is 0.519. The highest BCUT2D eigenvalue weighted by Gasteiger charge is 2.17. The summed E-state index contributed by atoms with van der Waals surface area (Å²) in [5.41, 5.74) is 0. The van der Waals surface area contributed by atoms with Gasteiger partial charge in [0.15, 0.2) is 7.49 Å². The SMILES string of the molecule is CCC(C)[I+]c1ccccc1. The monoisotopic (exact) mass is 261 g/mol. The minimum Gasteiger partial charge on any atom is -0.0619 e. The molecule has 1 aromatic rings. The third-order valence-corrected chi connectivity index (χ3v) is 4.99. The molecule has 0 aliphatic heterocycles. The molecule has 0 heterocycles. The maximum Gasteiger partial charge on any atom is 0.316 e. The Balaban J connectivity index is 2.51. The fraction of sp³-hybridized carbons (Fsp3) is 0.400. The van der Waals surface area contributed by atoms with E-state index in [0.717, 1.165) is 3.92 Å². The molecule has 1 heteroatoms. The van der Waals surface area contributed by atoms with Crippen LogP contribution >= 0.6 is 0 Å². The summed E-state index contributed by atoms with van der Waals surface area (Å²) in [7, 11) is 0. The Morgan fingerprint density at radius 3 is 2.45 bits per heavy atom. The maximum absolute atomic E-state index is 2.35. The zero-order valence-electron chi connectivity index (χ0n) is 7.05. The van der Waals surface area contributed by atoms with Crippen molar-refractivity contribution in [3.8, 4) is 0 Å². The van der Waals surface area contributed by atoms with Gasteiger partial charge in [-0.25, -0.2) is 0 Å². The Morgan fingerprint density at radius 1 is 1.27 bits per heavy atom. The lowest BCUT2D eigenvalue weighted by Crippen LogP contribution is -3.65. The molecule has 0 saturated carbocycles. The van der Waals surface area contributed by atoms with Crippen LogP contribution in [0.1, 0.15) is 20.3 Å². The molecule has 0 aromatic heterocycles. The fourth-order valence-electron chi connectivity index (χ4n) is 0.780. The second-order valence-electron chi connectivity index (χ2n) is 2.59. The summed E-state index contributed by atoms with van der Waals surface area (Å²) in [6, 6.07) is 10.9. The van der Waals surface area contributed by atoms with Crippen LogP contribution < -0.4 is 21.2 Å². The van der Waals surface area contributed by atoms with E-state index in [1.807, 2.05) is 0 Å². The first-order valence-corrected chi connectivity index (χ1v) is 6.33. The van der Waals surface area contributed by atoms with Crippen molar-refractivity contribution in [2.45, 2.75) is 24.2 Å². The number of hydrogen-bond donors (Lipinski definition) is 0. The third kappa shape index (κ3) is 3.23. The van der Waals surface area contributed by atoms with Gasteiger partial charge in [-0.05, 0) is 25.5 Å². The van der Waals surface area contributed by atoms with Gasteiger partial charge in [-0.1, -0.05) is 25.1 Å². The first-order chi connectivity index (χ1) is 5.33. The van der Waals surface area contributed by atoms with E-state index < -0.39 is 0 Å². The van der Waals surface area contributed by atoms with Crippen molar-refractivity contribution in [1.29, 1.82) is 0 Å². The largest absolute Gasteiger partial charge is 0.316 e. The van der Waals surface area contributed by atoms with Gasteiger partial charge in [-0.2, -0.15) is 0 Å². The number of alkyl halides is 1. The topological polar surface area (TPSA) is 0 Å². The molecule has 0 bridgehead atoms. The number of halogens is 1. The van der Waals surface area contributed by atoms with E-state index in [2.05, 4.69) is 44.2 Å². The standard InChI is InChI=1S/C10H14I/c1-3-9(2)11-10-7-5-4-6-8-10/h4-9H,3H2,1-2H3/q+1. The molecule has 0 aliphatic rings. The molecule has 1 atom stereocenters. The van der Waals surface area contributed by atoms with Gasteiger partial charge in [0.25, 0.3) is 0 Å². The highest BCUT2D eigenvalue weighted by atomic mass is 127. The van der Waals surface area contributed by atoms with Gasteiger partial charge in [0.1, 0.15) is 0 Å². The first kappa shape index (κ1) is 9.04. The summed E-state index contributed by atoms with van der Waals surface area (Å²) in [5, 5.41) is 0. The molecule has 0 aliphatic carbocycles. The second kappa shape index (κ2) is 4.75. The van der Waals surface area contributed by atoms with E-state index in [1.165, 1.54) is 6.42 Å². The van der Waals surface area contributed by atoms with Crippen LogP contribution in [0.4, 0.5) is 0 Å². The molecule has 1 unspecified atom stereocenters. The van der Waals surface area contributed by atoms with E-state index in [9.17, 15) is 0 Å². The second-order valence-corrected chi connectivity index (χ2v) is 6.59. The highest BCUT2D eigenvalue weighted by molar-refractivity contribution is 4.99. The molecule has 0 spiro atoms. The molecule has 60 valence electrons. The minimum atomic E-state index is 0.264. The maximum atomic E-state index is 2.35. The zero-order valence-corrected chi connectivity index (χ0v) is 9.21. The zero-order chi connectivity index (χ0) is 8.10. The lowest BCUT2D eigenvalue weighted by atomic mass is 10.4. The van der Waals surface area contributed by atoms with Gasteiger partial charge in [-0.15, -0.1) is 0 Å². The molecular formula is C10H14I+. The van der Waals surface area contributed by atoms with Crippen molar-refractivity contribution in [3.63, 3.8) is 0 Å². The average molecular weight is 261 g/mol. The van der Waals surface area contributed by atoms with Crippen molar-refractivity contribution in [3.05, 3.63) is 33.9 Å². The van der Waals surface area contributed by atoms with Gasteiger partial charge < -0.3 is 0 Å². The van der Waals surface area contributed by atoms with E-state index in [4.69, 9.17) is 0 Å². The average Bonchev–Trinajstić information content (AvgIpc) is 2.06. The summed E-state index contributed by atoms with van der Waals surface area (Å²) in [6.45, 7) is 4.62. The smallest absolute Gasteiger partial charge is 0.0619 e. The van der Waals surface area contributed by atoms with Crippen molar-refractivity contribution >= 4 is 0 Å². The Morgan fingerprint density at radius 2 is 1.91 bits per heavy atom. The Labute approximate surface area is 79.3 Å². The van der Waals surface area contributed by atoms with Gasteiger partial charge in [0.05, 0.1) is 0 Å². The molecule has 0 saturated heterocycles. The summed E-state index contributed by atoms with van der Waals surface area (Å²) in [4.78, 5) is 0. The molecule has 0 amide bonds. The highest BCUT2D eigenvalue weighted by Crippen LogP contribution is 1.83. The molecule has 1 rings (SSSR count).